The second-order valence-electron chi connectivity index (χ2n) is 6.21. The number of rotatable bonds is 8. The number of carbonyl (C=O) groups is 2. The van der Waals surface area contributed by atoms with E-state index in [0.717, 1.165) is 4.90 Å². The van der Waals surface area contributed by atoms with E-state index in [1.165, 1.54) is 20.5 Å². The number of nitrogens with zero attached hydrogens (tertiary/aromatic N) is 2. The number of ether oxygens (including phenoxy) is 2. The van der Waals surface area contributed by atoms with Crippen LogP contribution in [0.5, 0.6) is 11.5 Å². The van der Waals surface area contributed by atoms with E-state index < -0.39 is 11.8 Å². The van der Waals surface area contributed by atoms with Gasteiger partial charge in [0.05, 0.1) is 39.2 Å². The number of hydrogen-bond acceptors (Lipinski definition) is 7. The van der Waals surface area contributed by atoms with Crippen molar-refractivity contribution >= 4 is 17.4 Å². The van der Waals surface area contributed by atoms with Crippen molar-refractivity contribution in [2.24, 2.45) is 0 Å². The van der Waals surface area contributed by atoms with Gasteiger partial charge in [-0.3, -0.25) is 14.5 Å². The molecule has 2 amide bonds. The highest BCUT2D eigenvalue weighted by Crippen LogP contribution is 2.36. The van der Waals surface area contributed by atoms with Gasteiger partial charge >= 0.3 is 0 Å². The fraction of sp³-hybridized carbons (Fsp3) is 0.300. The van der Waals surface area contributed by atoms with Crippen molar-refractivity contribution in [3.8, 4) is 11.5 Å². The molecule has 28 heavy (non-hydrogen) atoms. The van der Waals surface area contributed by atoms with Crippen molar-refractivity contribution in [2.75, 3.05) is 34.4 Å². The Morgan fingerprint density at radius 2 is 1.86 bits per heavy atom. The monoisotopic (exact) mass is 386 g/mol. The number of furan rings is 1. The standard InChI is InChI=1S/C20H22N2O6/c1-21(8-9-23)18-17(13-6-7-15(26-2)16(11-13)27-3)19(24)22(20(18)25)12-14-5-4-10-28-14/h4-7,10-11,23H,8-9,12H2,1-3H3. The van der Waals surface area contributed by atoms with E-state index in [0.29, 0.717) is 22.8 Å². The predicted octanol–water partition coefficient (Wildman–Crippen LogP) is 1.50. The zero-order chi connectivity index (χ0) is 20.3. The second kappa shape index (κ2) is 8.18. The van der Waals surface area contributed by atoms with Gasteiger partial charge in [0.25, 0.3) is 11.8 Å². The molecule has 0 aliphatic carbocycles. The Kier molecular flexibility index (Phi) is 5.70. The van der Waals surface area contributed by atoms with Crippen molar-refractivity contribution in [3.05, 3.63) is 53.6 Å². The molecule has 0 spiro atoms. The molecule has 0 radical (unpaired) electrons. The minimum absolute atomic E-state index is 0.0257. The topological polar surface area (TPSA) is 92.5 Å². The van der Waals surface area contributed by atoms with Gasteiger partial charge in [-0.05, 0) is 29.8 Å². The summed E-state index contributed by atoms with van der Waals surface area (Å²) >= 11 is 0. The third kappa shape index (κ3) is 3.46. The van der Waals surface area contributed by atoms with Crippen LogP contribution in [0.3, 0.4) is 0 Å². The zero-order valence-corrected chi connectivity index (χ0v) is 16.0. The Labute approximate surface area is 162 Å². The van der Waals surface area contributed by atoms with Gasteiger partial charge in [-0.1, -0.05) is 6.07 Å². The summed E-state index contributed by atoms with van der Waals surface area (Å²) in [6.45, 7) is 0.0799. The largest absolute Gasteiger partial charge is 0.493 e. The molecule has 1 aliphatic heterocycles. The molecule has 2 aromatic rings. The van der Waals surface area contributed by atoms with Gasteiger partial charge in [-0.2, -0.15) is 0 Å². The van der Waals surface area contributed by atoms with Crippen molar-refractivity contribution in [1.82, 2.24) is 9.80 Å². The molecule has 3 rings (SSSR count). The van der Waals surface area contributed by atoms with E-state index in [2.05, 4.69) is 0 Å². The van der Waals surface area contributed by atoms with Crippen LogP contribution in [-0.2, 0) is 16.1 Å². The van der Waals surface area contributed by atoms with E-state index in [9.17, 15) is 14.7 Å². The number of aliphatic hydroxyl groups is 1. The molecule has 8 nitrogen and oxygen atoms in total. The van der Waals surface area contributed by atoms with Crippen LogP contribution >= 0.6 is 0 Å². The van der Waals surface area contributed by atoms with Gasteiger partial charge < -0.3 is 23.9 Å². The fourth-order valence-corrected chi connectivity index (χ4v) is 3.13. The number of aliphatic hydroxyl groups excluding tert-OH is 1. The maximum absolute atomic E-state index is 13.2. The highest BCUT2D eigenvalue weighted by molar-refractivity contribution is 6.35. The fourth-order valence-electron chi connectivity index (χ4n) is 3.13. The first kappa shape index (κ1) is 19.5. The van der Waals surface area contributed by atoms with Crippen LogP contribution in [-0.4, -0.2) is 61.1 Å². The molecule has 1 aromatic heterocycles. The van der Waals surface area contributed by atoms with Crippen LogP contribution in [0.15, 0.2) is 46.7 Å². The Morgan fingerprint density at radius 3 is 2.46 bits per heavy atom. The van der Waals surface area contributed by atoms with Crippen molar-refractivity contribution < 1.29 is 28.6 Å². The highest BCUT2D eigenvalue weighted by Gasteiger charge is 2.41. The molecule has 0 saturated heterocycles. The first-order chi connectivity index (χ1) is 13.5. The lowest BCUT2D eigenvalue weighted by molar-refractivity contribution is -0.138. The lowest BCUT2D eigenvalue weighted by atomic mass is 10.0. The average molecular weight is 386 g/mol. The lowest BCUT2D eigenvalue weighted by Crippen LogP contribution is -2.34. The molecule has 0 saturated carbocycles. The Balaban J connectivity index is 2.07. The SMILES string of the molecule is COc1ccc(C2=C(N(C)CCO)C(=O)N(Cc3ccco3)C2=O)cc1OC. The van der Waals surface area contributed by atoms with Gasteiger partial charge in [-0.25, -0.2) is 0 Å². The van der Waals surface area contributed by atoms with Gasteiger partial charge in [0.2, 0.25) is 0 Å². The van der Waals surface area contributed by atoms with Crippen LogP contribution < -0.4 is 9.47 Å². The minimum atomic E-state index is -0.442. The summed E-state index contributed by atoms with van der Waals surface area (Å²) in [7, 11) is 4.68. The van der Waals surface area contributed by atoms with Crippen LogP contribution in [0.2, 0.25) is 0 Å². The summed E-state index contributed by atoms with van der Waals surface area (Å²) in [4.78, 5) is 28.9. The number of carbonyl (C=O) groups excluding carboxylic acids is 2. The number of likely N-dealkylation sites (N-methyl/N-ethyl adjacent to an activating group) is 1. The molecule has 1 N–H and O–H groups in total. The molecule has 1 aliphatic rings. The third-order valence-electron chi connectivity index (χ3n) is 4.53. The first-order valence-electron chi connectivity index (χ1n) is 8.69. The molecule has 0 unspecified atom stereocenters. The van der Waals surface area contributed by atoms with Crippen molar-refractivity contribution in [2.45, 2.75) is 6.54 Å². The normalized spacial score (nSPS) is 14.1. The molecule has 0 atom stereocenters. The van der Waals surface area contributed by atoms with Crippen LogP contribution in [0.4, 0.5) is 0 Å². The van der Waals surface area contributed by atoms with E-state index in [-0.39, 0.29) is 31.0 Å². The minimum Gasteiger partial charge on any atom is -0.493 e. The van der Waals surface area contributed by atoms with E-state index in [4.69, 9.17) is 13.9 Å². The van der Waals surface area contributed by atoms with Crippen molar-refractivity contribution in [1.29, 1.82) is 0 Å². The van der Waals surface area contributed by atoms with Crippen LogP contribution in [0.1, 0.15) is 11.3 Å². The third-order valence-corrected chi connectivity index (χ3v) is 4.53. The number of hydrogen-bond donors (Lipinski definition) is 1. The van der Waals surface area contributed by atoms with Gasteiger partial charge in [0, 0.05) is 13.6 Å². The van der Waals surface area contributed by atoms with E-state index in [1.807, 2.05) is 0 Å². The van der Waals surface area contributed by atoms with Gasteiger partial charge in [0.15, 0.2) is 11.5 Å². The second-order valence-corrected chi connectivity index (χ2v) is 6.21. The first-order valence-corrected chi connectivity index (χ1v) is 8.69. The molecule has 1 aromatic carbocycles. The quantitative estimate of drug-likeness (QED) is 0.688. The van der Waals surface area contributed by atoms with Crippen LogP contribution in [0.25, 0.3) is 5.57 Å². The van der Waals surface area contributed by atoms with Crippen LogP contribution in [0, 0.1) is 0 Å². The smallest absolute Gasteiger partial charge is 0.278 e. The highest BCUT2D eigenvalue weighted by atomic mass is 16.5. The summed E-state index contributed by atoms with van der Waals surface area (Å²) in [6.07, 6.45) is 1.49. The summed E-state index contributed by atoms with van der Waals surface area (Å²) in [5.74, 6) is 0.581. The summed E-state index contributed by atoms with van der Waals surface area (Å²) in [5, 5.41) is 9.30. The number of benzene rings is 1. The molecule has 0 fully saturated rings. The van der Waals surface area contributed by atoms with Gasteiger partial charge in [0.1, 0.15) is 11.5 Å². The molecular weight excluding hydrogens is 364 g/mol. The number of amides is 2. The number of methoxy groups -OCH3 is 2. The van der Waals surface area contributed by atoms with Crippen molar-refractivity contribution in [3.63, 3.8) is 0 Å². The molecule has 148 valence electrons. The molecule has 8 heteroatoms. The molecular formula is C20H22N2O6. The Hall–Kier alpha value is -3.26. The molecule has 0 bridgehead atoms. The Morgan fingerprint density at radius 1 is 1.11 bits per heavy atom. The predicted molar refractivity (Wildman–Crippen MR) is 100 cm³/mol. The van der Waals surface area contributed by atoms with E-state index in [1.54, 1.807) is 42.3 Å². The average Bonchev–Trinajstić information content (AvgIpc) is 3.29. The number of imide groups is 1. The Bertz CT molecular complexity index is 903. The maximum Gasteiger partial charge on any atom is 0.278 e. The van der Waals surface area contributed by atoms with Gasteiger partial charge in [-0.15, -0.1) is 0 Å². The maximum atomic E-state index is 13.2. The zero-order valence-electron chi connectivity index (χ0n) is 16.0. The lowest BCUT2D eigenvalue weighted by Gasteiger charge is -2.20. The van der Waals surface area contributed by atoms with E-state index >= 15 is 0 Å². The summed E-state index contributed by atoms with van der Waals surface area (Å²) in [6, 6.07) is 8.43. The molecule has 2 heterocycles. The summed E-state index contributed by atoms with van der Waals surface area (Å²) in [5.41, 5.74) is 0.990. The summed E-state index contributed by atoms with van der Waals surface area (Å²) < 4.78 is 15.9.